The van der Waals surface area contributed by atoms with Gasteiger partial charge in [0.05, 0.1) is 12.1 Å². The van der Waals surface area contributed by atoms with Crippen LogP contribution in [0.1, 0.15) is 24.2 Å². The van der Waals surface area contributed by atoms with Crippen LogP contribution in [0.2, 0.25) is 0 Å². The molecule has 2 aromatic rings. The third kappa shape index (κ3) is 1.89. The smallest absolute Gasteiger partial charge is 0.214 e. The predicted molar refractivity (Wildman–Crippen MR) is 62.9 cm³/mol. The molecule has 0 aliphatic rings. The Labute approximate surface area is 94.1 Å². The second-order valence-electron chi connectivity index (χ2n) is 3.51. The van der Waals surface area contributed by atoms with E-state index >= 15 is 0 Å². The Bertz CT molecular complexity index is 534. The lowest BCUT2D eigenvalue weighted by Crippen LogP contribution is -2.00. The van der Waals surface area contributed by atoms with Crippen molar-refractivity contribution in [1.82, 2.24) is 4.98 Å². The number of carbonyl (C=O) groups is 1. The molecule has 1 aromatic carbocycles. The summed E-state index contributed by atoms with van der Waals surface area (Å²) in [4.78, 5) is 15.9. The topological polar surface area (TPSA) is 39.2 Å². The van der Waals surface area contributed by atoms with E-state index in [1.54, 1.807) is 13.0 Å². The molecule has 16 heavy (non-hydrogen) atoms. The minimum absolute atomic E-state index is 0.0274. The van der Waals surface area contributed by atoms with E-state index in [0.29, 0.717) is 18.1 Å². The van der Waals surface area contributed by atoms with Gasteiger partial charge in [0.2, 0.25) is 5.88 Å². The van der Waals surface area contributed by atoms with E-state index in [4.69, 9.17) is 4.74 Å². The highest BCUT2D eigenvalue weighted by Crippen LogP contribution is 2.22. The van der Waals surface area contributed by atoms with Gasteiger partial charge in [-0.2, -0.15) is 0 Å². The highest BCUT2D eigenvalue weighted by Gasteiger charge is 2.09. The lowest BCUT2D eigenvalue weighted by Gasteiger charge is -2.07. The van der Waals surface area contributed by atoms with E-state index in [0.717, 1.165) is 10.9 Å². The molecule has 0 unspecified atom stereocenters. The van der Waals surface area contributed by atoms with Crippen molar-refractivity contribution in [3.05, 3.63) is 35.9 Å². The molecule has 0 radical (unpaired) electrons. The van der Waals surface area contributed by atoms with Gasteiger partial charge in [0.1, 0.15) is 0 Å². The molecule has 2 rings (SSSR count). The van der Waals surface area contributed by atoms with Crippen LogP contribution in [0.5, 0.6) is 5.88 Å². The monoisotopic (exact) mass is 215 g/mol. The zero-order valence-electron chi connectivity index (χ0n) is 9.36. The Hall–Kier alpha value is -1.90. The van der Waals surface area contributed by atoms with Crippen molar-refractivity contribution >= 4 is 16.7 Å². The van der Waals surface area contributed by atoms with Crippen LogP contribution < -0.4 is 4.74 Å². The molecule has 0 bridgehead atoms. The molecule has 0 fully saturated rings. The third-order valence-electron chi connectivity index (χ3n) is 2.36. The third-order valence-corrected chi connectivity index (χ3v) is 2.36. The van der Waals surface area contributed by atoms with Crippen LogP contribution in [-0.2, 0) is 0 Å². The number of Topliss-reactive ketones (excluding diaryl/α,β-unsaturated/α-hetero) is 1. The van der Waals surface area contributed by atoms with Crippen LogP contribution in [0, 0.1) is 0 Å². The van der Waals surface area contributed by atoms with E-state index in [2.05, 4.69) is 4.98 Å². The number of benzene rings is 1. The summed E-state index contributed by atoms with van der Waals surface area (Å²) in [5.74, 6) is 0.533. The molecule has 0 saturated heterocycles. The number of fused-ring (bicyclic) bond motifs is 1. The molecule has 0 aliphatic heterocycles. The Kier molecular flexibility index (Phi) is 2.86. The molecule has 82 valence electrons. The van der Waals surface area contributed by atoms with Crippen molar-refractivity contribution in [2.45, 2.75) is 13.8 Å². The minimum Gasteiger partial charge on any atom is -0.478 e. The number of hydrogen-bond donors (Lipinski definition) is 0. The quantitative estimate of drug-likeness (QED) is 0.739. The van der Waals surface area contributed by atoms with E-state index in [9.17, 15) is 4.79 Å². The van der Waals surface area contributed by atoms with Crippen LogP contribution in [0.25, 0.3) is 10.9 Å². The fourth-order valence-electron chi connectivity index (χ4n) is 1.66. The summed E-state index contributed by atoms with van der Waals surface area (Å²) in [7, 11) is 0. The predicted octanol–water partition coefficient (Wildman–Crippen LogP) is 2.84. The van der Waals surface area contributed by atoms with Gasteiger partial charge in [-0.25, -0.2) is 4.98 Å². The van der Waals surface area contributed by atoms with Gasteiger partial charge in [-0.05, 0) is 19.9 Å². The minimum atomic E-state index is 0.0274. The second-order valence-corrected chi connectivity index (χ2v) is 3.51. The Morgan fingerprint density at radius 2 is 2.12 bits per heavy atom. The van der Waals surface area contributed by atoms with E-state index in [1.807, 2.05) is 31.2 Å². The molecular weight excluding hydrogens is 202 g/mol. The lowest BCUT2D eigenvalue weighted by molar-refractivity contribution is 0.101. The van der Waals surface area contributed by atoms with Gasteiger partial charge in [-0.1, -0.05) is 18.2 Å². The summed E-state index contributed by atoms with van der Waals surface area (Å²) in [6.07, 6.45) is 0. The van der Waals surface area contributed by atoms with Gasteiger partial charge in [0.15, 0.2) is 5.78 Å². The zero-order chi connectivity index (χ0) is 11.5. The van der Waals surface area contributed by atoms with Crippen LogP contribution in [0.4, 0.5) is 0 Å². The molecule has 1 heterocycles. The van der Waals surface area contributed by atoms with Gasteiger partial charge >= 0.3 is 0 Å². The van der Waals surface area contributed by atoms with E-state index in [-0.39, 0.29) is 5.78 Å². The van der Waals surface area contributed by atoms with Crippen molar-refractivity contribution in [3.63, 3.8) is 0 Å². The highest BCUT2D eigenvalue weighted by molar-refractivity contribution is 6.06. The summed E-state index contributed by atoms with van der Waals surface area (Å²) in [6, 6.07) is 9.28. The number of ether oxygens (including phenoxy) is 1. The Balaban J connectivity index is 2.68. The average molecular weight is 215 g/mol. The molecule has 0 amide bonds. The maximum absolute atomic E-state index is 11.5. The maximum atomic E-state index is 11.5. The van der Waals surface area contributed by atoms with Gasteiger partial charge in [0.25, 0.3) is 0 Å². The van der Waals surface area contributed by atoms with Crippen molar-refractivity contribution in [2.24, 2.45) is 0 Å². The molecule has 3 nitrogen and oxygen atoms in total. The molecule has 1 aromatic heterocycles. The summed E-state index contributed by atoms with van der Waals surface area (Å²) in [6.45, 7) is 3.99. The van der Waals surface area contributed by atoms with Gasteiger partial charge in [-0.3, -0.25) is 4.79 Å². The Morgan fingerprint density at radius 3 is 2.81 bits per heavy atom. The summed E-state index contributed by atoms with van der Waals surface area (Å²) >= 11 is 0. The largest absolute Gasteiger partial charge is 0.478 e. The van der Waals surface area contributed by atoms with E-state index in [1.165, 1.54) is 0 Å². The molecular formula is C13H13NO2. The number of hydrogen-bond acceptors (Lipinski definition) is 3. The van der Waals surface area contributed by atoms with Crippen LogP contribution in [0.3, 0.4) is 0 Å². The summed E-state index contributed by atoms with van der Waals surface area (Å²) in [5, 5.41) is 0.874. The first-order valence-corrected chi connectivity index (χ1v) is 5.26. The molecule has 3 heteroatoms. The van der Waals surface area contributed by atoms with Crippen LogP contribution in [-0.4, -0.2) is 17.4 Å². The molecule has 0 N–H and O–H groups in total. The van der Waals surface area contributed by atoms with E-state index < -0.39 is 0 Å². The molecule has 0 spiro atoms. The number of para-hydroxylation sites is 1. The zero-order valence-corrected chi connectivity index (χ0v) is 9.36. The van der Waals surface area contributed by atoms with Crippen molar-refractivity contribution in [3.8, 4) is 5.88 Å². The van der Waals surface area contributed by atoms with Crippen molar-refractivity contribution in [1.29, 1.82) is 0 Å². The Morgan fingerprint density at radius 1 is 1.38 bits per heavy atom. The first-order valence-electron chi connectivity index (χ1n) is 5.26. The molecule has 0 saturated carbocycles. The highest BCUT2D eigenvalue weighted by atomic mass is 16.5. The number of carbonyl (C=O) groups excluding carboxylic acids is 1. The SMILES string of the molecule is CCOc1cc(C(C)=O)c2ccccc2n1. The standard InChI is InChI=1S/C13H13NO2/c1-3-16-13-8-11(9(2)15)10-6-4-5-7-12(10)14-13/h4-8H,3H2,1-2H3. The van der Waals surface area contributed by atoms with Crippen molar-refractivity contribution in [2.75, 3.05) is 6.61 Å². The van der Waals surface area contributed by atoms with Gasteiger partial charge in [-0.15, -0.1) is 0 Å². The average Bonchev–Trinajstić information content (AvgIpc) is 2.28. The summed E-state index contributed by atoms with van der Waals surface area (Å²) in [5.41, 5.74) is 1.45. The fourth-order valence-corrected chi connectivity index (χ4v) is 1.66. The lowest BCUT2D eigenvalue weighted by atomic mass is 10.1. The number of nitrogens with zero attached hydrogens (tertiary/aromatic N) is 1. The molecule has 0 aliphatic carbocycles. The normalized spacial score (nSPS) is 10.4. The van der Waals surface area contributed by atoms with Gasteiger partial charge in [0, 0.05) is 17.0 Å². The first kappa shape index (κ1) is 10.6. The number of ketones is 1. The number of pyridine rings is 1. The number of aromatic nitrogens is 1. The second kappa shape index (κ2) is 4.31. The number of rotatable bonds is 3. The summed E-state index contributed by atoms with van der Waals surface area (Å²) < 4.78 is 5.34. The fraction of sp³-hybridized carbons (Fsp3) is 0.231. The molecule has 0 atom stereocenters. The first-order chi connectivity index (χ1) is 7.72. The van der Waals surface area contributed by atoms with Crippen molar-refractivity contribution < 1.29 is 9.53 Å². The van der Waals surface area contributed by atoms with Crippen LogP contribution >= 0.6 is 0 Å². The maximum Gasteiger partial charge on any atom is 0.214 e. The van der Waals surface area contributed by atoms with Crippen LogP contribution in [0.15, 0.2) is 30.3 Å². The van der Waals surface area contributed by atoms with Gasteiger partial charge < -0.3 is 4.74 Å².